The number of hydrogen-bond donors (Lipinski definition) is 3. The number of piperazine rings is 1. The van der Waals surface area contributed by atoms with Gasteiger partial charge in [-0.05, 0) is 25.1 Å². The molecule has 3 heterocycles. The molecule has 3 aromatic rings. The molecule has 30 heavy (non-hydrogen) atoms. The van der Waals surface area contributed by atoms with E-state index in [4.69, 9.17) is 4.63 Å². The summed E-state index contributed by atoms with van der Waals surface area (Å²) in [5.74, 6) is -1.07. The minimum absolute atomic E-state index is 0.171. The highest BCUT2D eigenvalue weighted by atomic mass is 16.6. The molecule has 1 fully saturated rings. The number of rotatable bonds is 6. The number of carbonyl (C=O) groups excluding carboxylic acids is 1. The van der Waals surface area contributed by atoms with Crippen LogP contribution in [-0.4, -0.2) is 68.3 Å². The van der Waals surface area contributed by atoms with E-state index in [0.29, 0.717) is 30.9 Å². The number of hydrogen-bond acceptors (Lipinski definition) is 7. The van der Waals surface area contributed by atoms with Gasteiger partial charge in [-0.2, -0.15) is 0 Å². The molecule has 3 N–H and O–H groups in total. The van der Waals surface area contributed by atoms with Crippen molar-refractivity contribution in [3.63, 3.8) is 0 Å². The molecular formula is C20H24N6O4. The molecule has 2 aromatic heterocycles. The number of aryl methyl sites for hydroxylation is 1. The average Bonchev–Trinajstić information content (AvgIpc) is 3.29. The Morgan fingerprint density at radius 2 is 2.03 bits per heavy atom. The highest BCUT2D eigenvalue weighted by Gasteiger charge is 2.32. The third kappa shape index (κ3) is 4.05. The number of fused-ring (bicyclic) bond motifs is 1. The second-order valence-corrected chi connectivity index (χ2v) is 7.53. The summed E-state index contributed by atoms with van der Waals surface area (Å²) in [5, 5.41) is 21.3. The molecule has 4 rings (SSSR count). The Balaban J connectivity index is 1.53. The van der Waals surface area contributed by atoms with Gasteiger partial charge in [0.25, 0.3) is 0 Å². The van der Waals surface area contributed by atoms with E-state index in [9.17, 15) is 14.7 Å². The maximum atomic E-state index is 12.2. The van der Waals surface area contributed by atoms with Gasteiger partial charge >= 0.3 is 5.97 Å². The lowest BCUT2D eigenvalue weighted by atomic mass is 10.0. The van der Waals surface area contributed by atoms with Gasteiger partial charge in [-0.15, -0.1) is 0 Å². The molecular weight excluding hydrogens is 388 g/mol. The first-order valence-corrected chi connectivity index (χ1v) is 9.78. The lowest BCUT2D eigenvalue weighted by molar-refractivity contribution is -0.144. The molecule has 10 heteroatoms. The number of nitrogens with zero attached hydrogens (tertiary/aromatic N) is 4. The topological polar surface area (TPSA) is 128 Å². The van der Waals surface area contributed by atoms with E-state index in [2.05, 4.69) is 25.5 Å². The van der Waals surface area contributed by atoms with Crippen molar-refractivity contribution in [3.05, 3.63) is 41.3 Å². The van der Waals surface area contributed by atoms with Gasteiger partial charge in [-0.25, -0.2) is 4.63 Å². The summed E-state index contributed by atoms with van der Waals surface area (Å²) in [5.41, 5.74) is 3.74. The van der Waals surface area contributed by atoms with Gasteiger partial charge in [-0.3, -0.25) is 19.4 Å². The van der Waals surface area contributed by atoms with Crippen LogP contribution in [0.2, 0.25) is 0 Å². The number of carboxylic acid groups (broad SMARTS) is 1. The van der Waals surface area contributed by atoms with Crippen LogP contribution in [0.4, 0.5) is 5.69 Å². The predicted octanol–water partition coefficient (Wildman–Crippen LogP) is 1.76. The number of carboxylic acids is 1. The molecule has 1 saturated heterocycles. The molecule has 0 spiro atoms. The van der Waals surface area contributed by atoms with Gasteiger partial charge in [0.15, 0.2) is 0 Å². The highest BCUT2D eigenvalue weighted by Crippen LogP contribution is 2.31. The highest BCUT2D eigenvalue weighted by molar-refractivity contribution is 5.95. The van der Waals surface area contributed by atoms with Gasteiger partial charge in [0.05, 0.1) is 0 Å². The van der Waals surface area contributed by atoms with Crippen LogP contribution in [0.25, 0.3) is 10.9 Å². The number of H-pyrrole nitrogens is 1. The molecule has 0 aliphatic carbocycles. The second-order valence-electron chi connectivity index (χ2n) is 7.53. The largest absolute Gasteiger partial charge is 0.480 e. The van der Waals surface area contributed by atoms with Crippen molar-refractivity contribution in [1.29, 1.82) is 0 Å². The Kier molecular flexibility index (Phi) is 5.51. The molecule has 158 valence electrons. The Labute approximate surface area is 172 Å². The monoisotopic (exact) mass is 412 g/mol. The van der Waals surface area contributed by atoms with Crippen LogP contribution < -0.4 is 5.32 Å². The van der Waals surface area contributed by atoms with Crippen LogP contribution in [-0.2, 0) is 16.1 Å². The van der Waals surface area contributed by atoms with Gasteiger partial charge < -0.3 is 15.4 Å². The van der Waals surface area contributed by atoms with Crippen molar-refractivity contribution in [3.8, 4) is 0 Å². The SMILES string of the molecule is CC(=O)Nc1ccc2[nH]cc([C@@H](C(=O)O)N3CCN(Cc4nonc4C)CC3)c2c1. The summed E-state index contributed by atoms with van der Waals surface area (Å²) in [4.78, 5) is 30.9. The summed E-state index contributed by atoms with van der Waals surface area (Å²) in [6, 6.07) is 4.67. The van der Waals surface area contributed by atoms with E-state index in [-0.39, 0.29) is 5.91 Å². The van der Waals surface area contributed by atoms with Crippen LogP contribution >= 0.6 is 0 Å². The third-order valence-electron chi connectivity index (χ3n) is 5.45. The number of aromatic nitrogens is 3. The summed E-state index contributed by atoms with van der Waals surface area (Å²) >= 11 is 0. The minimum atomic E-state index is -0.897. The molecule has 1 aliphatic heterocycles. The Bertz CT molecular complexity index is 1070. The summed E-state index contributed by atoms with van der Waals surface area (Å²) in [6.07, 6.45) is 1.75. The number of benzene rings is 1. The Hall–Kier alpha value is -3.24. The summed E-state index contributed by atoms with van der Waals surface area (Å²) in [7, 11) is 0. The fourth-order valence-corrected chi connectivity index (χ4v) is 3.92. The van der Waals surface area contributed by atoms with Crippen LogP contribution in [0.5, 0.6) is 0 Å². The van der Waals surface area contributed by atoms with Gasteiger partial charge in [0.2, 0.25) is 5.91 Å². The van der Waals surface area contributed by atoms with Gasteiger partial charge in [-0.1, -0.05) is 10.3 Å². The normalized spacial score (nSPS) is 16.6. The van der Waals surface area contributed by atoms with Crippen LogP contribution in [0.15, 0.2) is 29.0 Å². The minimum Gasteiger partial charge on any atom is -0.480 e. The third-order valence-corrected chi connectivity index (χ3v) is 5.45. The van der Waals surface area contributed by atoms with E-state index in [1.54, 1.807) is 12.3 Å². The Morgan fingerprint density at radius 1 is 1.27 bits per heavy atom. The zero-order valence-corrected chi connectivity index (χ0v) is 16.9. The molecule has 1 aromatic carbocycles. The van der Waals surface area contributed by atoms with E-state index in [0.717, 1.165) is 35.4 Å². The van der Waals surface area contributed by atoms with Crippen LogP contribution in [0.1, 0.15) is 29.9 Å². The number of aliphatic carboxylic acids is 1. The summed E-state index contributed by atoms with van der Waals surface area (Å²) in [6.45, 7) is 6.59. The molecule has 0 radical (unpaired) electrons. The molecule has 1 amide bonds. The smallest absolute Gasteiger partial charge is 0.325 e. The van der Waals surface area contributed by atoms with E-state index in [1.165, 1.54) is 6.92 Å². The lowest BCUT2D eigenvalue weighted by Crippen LogP contribution is -2.48. The van der Waals surface area contributed by atoms with E-state index >= 15 is 0 Å². The first kappa shape index (κ1) is 20.0. The van der Waals surface area contributed by atoms with Crippen molar-refractivity contribution in [2.75, 3.05) is 31.5 Å². The average molecular weight is 412 g/mol. The van der Waals surface area contributed by atoms with E-state index < -0.39 is 12.0 Å². The van der Waals surface area contributed by atoms with Gasteiger partial charge in [0.1, 0.15) is 17.4 Å². The number of amides is 1. The second kappa shape index (κ2) is 8.25. The lowest BCUT2D eigenvalue weighted by Gasteiger charge is -2.37. The number of nitrogens with one attached hydrogen (secondary N) is 2. The van der Waals surface area contributed by atoms with E-state index in [1.807, 2.05) is 24.0 Å². The van der Waals surface area contributed by atoms with Crippen LogP contribution in [0, 0.1) is 6.92 Å². The number of anilines is 1. The quantitative estimate of drug-likeness (QED) is 0.559. The zero-order chi connectivity index (χ0) is 21.3. The van der Waals surface area contributed by atoms with Crippen molar-refractivity contribution < 1.29 is 19.3 Å². The number of aromatic amines is 1. The number of carbonyl (C=O) groups is 2. The molecule has 0 bridgehead atoms. The molecule has 1 atom stereocenters. The first-order chi connectivity index (χ1) is 14.4. The maximum Gasteiger partial charge on any atom is 0.325 e. The van der Waals surface area contributed by atoms with Crippen LogP contribution in [0.3, 0.4) is 0 Å². The first-order valence-electron chi connectivity index (χ1n) is 9.78. The zero-order valence-electron chi connectivity index (χ0n) is 16.9. The molecule has 0 unspecified atom stereocenters. The fourth-order valence-electron chi connectivity index (χ4n) is 3.92. The molecule has 1 aliphatic rings. The fraction of sp³-hybridized carbons (Fsp3) is 0.400. The van der Waals surface area contributed by atoms with Gasteiger partial charge in [0, 0.05) is 68.0 Å². The Morgan fingerprint density at radius 3 is 2.67 bits per heavy atom. The molecule has 0 saturated carbocycles. The van der Waals surface area contributed by atoms with Crippen molar-refractivity contribution in [1.82, 2.24) is 25.1 Å². The summed E-state index contributed by atoms with van der Waals surface area (Å²) < 4.78 is 4.76. The van der Waals surface area contributed by atoms with Crippen molar-refractivity contribution in [2.24, 2.45) is 0 Å². The van der Waals surface area contributed by atoms with Crippen molar-refractivity contribution in [2.45, 2.75) is 26.4 Å². The maximum absolute atomic E-state index is 12.2. The standard InChI is InChI=1S/C20H24N6O4/c1-12-18(24-30-23-12)11-25-5-7-26(8-6-25)19(20(28)29)16-10-21-17-4-3-14(9-15(16)17)22-13(2)27/h3-4,9-10,19,21H,5-8,11H2,1-2H3,(H,22,27)(H,28,29)/t19-/m0/s1. The van der Waals surface area contributed by atoms with Crippen molar-refractivity contribution >= 4 is 28.5 Å². The molecule has 10 nitrogen and oxygen atoms in total. The predicted molar refractivity (Wildman–Crippen MR) is 109 cm³/mol.